The first-order chi connectivity index (χ1) is 17.5. The van der Waals surface area contributed by atoms with Gasteiger partial charge in [-0.3, -0.25) is 4.79 Å². The molecule has 2 aliphatic rings. The van der Waals surface area contributed by atoms with Crippen LogP contribution in [0, 0.1) is 0 Å². The molecule has 3 aromatic carbocycles. The number of urea groups is 1. The van der Waals surface area contributed by atoms with Crippen LogP contribution in [0.4, 0.5) is 10.5 Å². The number of aromatic carboxylic acids is 1. The summed E-state index contributed by atoms with van der Waals surface area (Å²) >= 11 is 0. The van der Waals surface area contributed by atoms with Crippen molar-refractivity contribution in [2.75, 3.05) is 11.9 Å². The topological polar surface area (TPSA) is 98.7 Å². The number of hydrogen-bond donors (Lipinski definition) is 3. The fraction of sp³-hybridized carbons (Fsp3) is 0.276. The second-order valence-electron chi connectivity index (χ2n) is 9.48. The number of hydrogen-bond acceptors (Lipinski definition) is 3. The number of carbonyl (C=O) groups excluding carboxylic acids is 2. The van der Waals surface area contributed by atoms with Crippen molar-refractivity contribution in [3.63, 3.8) is 0 Å². The van der Waals surface area contributed by atoms with Gasteiger partial charge in [-0.1, -0.05) is 48.5 Å². The Bertz CT molecular complexity index is 1250. The van der Waals surface area contributed by atoms with Crippen LogP contribution in [-0.2, 0) is 11.3 Å². The molecule has 3 amide bonds. The van der Waals surface area contributed by atoms with Crippen molar-refractivity contribution < 1.29 is 19.5 Å². The largest absolute Gasteiger partial charge is 0.478 e. The quantitative estimate of drug-likeness (QED) is 0.428. The average molecular weight is 484 g/mol. The van der Waals surface area contributed by atoms with Crippen molar-refractivity contribution in [1.29, 1.82) is 0 Å². The van der Waals surface area contributed by atoms with Gasteiger partial charge in [0.1, 0.15) is 6.04 Å². The summed E-state index contributed by atoms with van der Waals surface area (Å²) in [5, 5.41) is 14.9. The van der Waals surface area contributed by atoms with Gasteiger partial charge >= 0.3 is 12.0 Å². The van der Waals surface area contributed by atoms with Gasteiger partial charge in [-0.05, 0) is 78.1 Å². The van der Waals surface area contributed by atoms with E-state index in [0.717, 1.165) is 23.1 Å². The van der Waals surface area contributed by atoms with Crippen molar-refractivity contribution in [3.05, 3.63) is 89.5 Å². The van der Waals surface area contributed by atoms with E-state index in [1.54, 1.807) is 29.2 Å². The predicted octanol–water partition coefficient (Wildman–Crippen LogP) is 5.24. The van der Waals surface area contributed by atoms with E-state index in [1.807, 2.05) is 24.3 Å². The fourth-order valence-corrected chi connectivity index (χ4v) is 4.66. The van der Waals surface area contributed by atoms with Crippen LogP contribution in [0.3, 0.4) is 0 Å². The maximum atomic E-state index is 13.0. The number of anilines is 1. The zero-order chi connectivity index (χ0) is 25.1. The number of rotatable bonds is 7. The molecule has 3 aromatic rings. The molecule has 0 aromatic heterocycles. The van der Waals surface area contributed by atoms with E-state index >= 15 is 0 Å². The van der Waals surface area contributed by atoms with Crippen molar-refractivity contribution in [2.45, 2.75) is 44.2 Å². The third-order valence-electron chi connectivity index (χ3n) is 6.91. The smallest absolute Gasteiger partial charge is 0.335 e. The highest BCUT2D eigenvalue weighted by atomic mass is 16.4. The van der Waals surface area contributed by atoms with Gasteiger partial charge in [0.2, 0.25) is 5.91 Å². The lowest BCUT2D eigenvalue weighted by Gasteiger charge is -2.24. The molecular formula is C29H29N3O4. The molecule has 7 heteroatoms. The van der Waals surface area contributed by atoms with Crippen LogP contribution < -0.4 is 10.6 Å². The summed E-state index contributed by atoms with van der Waals surface area (Å²) in [7, 11) is 0. The van der Waals surface area contributed by atoms with E-state index in [2.05, 4.69) is 34.9 Å². The number of nitrogens with one attached hydrogen (secondary N) is 2. The zero-order valence-corrected chi connectivity index (χ0v) is 19.9. The lowest BCUT2D eigenvalue weighted by molar-refractivity contribution is -0.119. The Morgan fingerprint density at radius 2 is 1.47 bits per heavy atom. The number of likely N-dealkylation sites (tertiary alicyclic amines) is 1. The molecule has 36 heavy (non-hydrogen) atoms. The second kappa shape index (κ2) is 10.2. The van der Waals surface area contributed by atoms with E-state index in [-0.39, 0.29) is 17.5 Å². The predicted molar refractivity (Wildman–Crippen MR) is 138 cm³/mol. The van der Waals surface area contributed by atoms with Gasteiger partial charge in [-0.15, -0.1) is 0 Å². The summed E-state index contributed by atoms with van der Waals surface area (Å²) in [6.45, 7) is 0.985. The standard InChI is InChI=1S/C29H29N3O4/c33-27(31-25-15-13-23(14-16-25)22-9-11-24(12-10-22)28(34)35)26-2-1-17-32(26)29(36)30-18-19-3-5-20(6-4-19)21-7-8-21/h3-6,9-16,21,26H,1-2,7-8,17-18H2,(H,30,36)(H,31,33)(H,34,35)/t26-/m1/s1. The van der Waals surface area contributed by atoms with E-state index in [0.29, 0.717) is 31.1 Å². The van der Waals surface area contributed by atoms with E-state index < -0.39 is 12.0 Å². The summed E-state index contributed by atoms with van der Waals surface area (Å²) in [5.41, 5.74) is 5.10. The average Bonchev–Trinajstić information content (AvgIpc) is 3.63. The summed E-state index contributed by atoms with van der Waals surface area (Å²) < 4.78 is 0. The Morgan fingerprint density at radius 3 is 2.08 bits per heavy atom. The first-order valence-electron chi connectivity index (χ1n) is 12.4. The fourth-order valence-electron chi connectivity index (χ4n) is 4.66. The van der Waals surface area contributed by atoms with E-state index in [1.165, 1.54) is 18.4 Å². The second-order valence-corrected chi connectivity index (χ2v) is 9.48. The Labute approximate surface area is 210 Å². The number of carbonyl (C=O) groups is 3. The number of benzene rings is 3. The zero-order valence-electron chi connectivity index (χ0n) is 19.9. The molecule has 1 saturated carbocycles. The van der Waals surface area contributed by atoms with Gasteiger partial charge in [0.25, 0.3) is 0 Å². The van der Waals surface area contributed by atoms with Gasteiger partial charge in [0.15, 0.2) is 0 Å². The van der Waals surface area contributed by atoms with Gasteiger partial charge in [0.05, 0.1) is 5.56 Å². The molecule has 3 N–H and O–H groups in total. The lowest BCUT2D eigenvalue weighted by atomic mass is 10.0. The van der Waals surface area contributed by atoms with E-state index in [9.17, 15) is 14.4 Å². The highest BCUT2D eigenvalue weighted by Gasteiger charge is 2.34. The van der Waals surface area contributed by atoms with E-state index in [4.69, 9.17) is 5.11 Å². The number of amides is 3. The Morgan fingerprint density at radius 1 is 0.833 bits per heavy atom. The monoisotopic (exact) mass is 483 g/mol. The van der Waals surface area contributed by atoms with Crippen molar-refractivity contribution >= 4 is 23.6 Å². The molecule has 0 bridgehead atoms. The van der Waals surface area contributed by atoms with Crippen molar-refractivity contribution in [1.82, 2.24) is 10.2 Å². The van der Waals surface area contributed by atoms with Crippen LogP contribution in [0.5, 0.6) is 0 Å². The van der Waals surface area contributed by atoms with Crippen LogP contribution in [-0.4, -0.2) is 40.5 Å². The van der Waals surface area contributed by atoms with Gasteiger partial charge in [0, 0.05) is 18.8 Å². The molecule has 1 aliphatic carbocycles. The molecule has 1 saturated heterocycles. The molecule has 2 fully saturated rings. The van der Waals surface area contributed by atoms with Crippen LogP contribution in [0.25, 0.3) is 11.1 Å². The number of carboxylic acids is 1. The van der Waals surface area contributed by atoms with Crippen LogP contribution in [0.1, 0.15) is 53.1 Å². The number of carboxylic acid groups (broad SMARTS) is 1. The maximum Gasteiger partial charge on any atom is 0.335 e. The summed E-state index contributed by atoms with van der Waals surface area (Å²) in [6.07, 6.45) is 3.94. The highest BCUT2D eigenvalue weighted by Crippen LogP contribution is 2.39. The minimum absolute atomic E-state index is 0.199. The molecule has 184 valence electrons. The lowest BCUT2D eigenvalue weighted by Crippen LogP contribution is -2.47. The summed E-state index contributed by atoms with van der Waals surface area (Å²) in [4.78, 5) is 38.5. The molecule has 0 radical (unpaired) electrons. The van der Waals surface area contributed by atoms with Crippen LogP contribution in [0.2, 0.25) is 0 Å². The summed E-state index contributed by atoms with van der Waals surface area (Å²) in [5.74, 6) is -0.453. The molecule has 5 rings (SSSR count). The highest BCUT2D eigenvalue weighted by molar-refractivity contribution is 5.97. The van der Waals surface area contributed by atoms with Crippen LogP contribution in [0.15, 0.2) is 72.8 Å². The van der Waals surface area contributed by atoms with Gasteiger partial charge in [-0.25, -0.2) is 9.59 Å². The van der Waals surface area contributed by atoms with Crippen molar-refractivity contribution in [3.8, 4) is 11.1 Å². The third kappa shape index (κ3) is 5.40. The molecular weight excluding hydrogens is 454 g/mol. The van der Waals surface area contributed by atoms with Gasteiger partial charge < -0.3 is 20.6 Å². The Balaban J connectivity index is 1.16. The molecule has 0 spiro atoms. The van der Waals surface area contributed by atoms with Crippen molar-refractivity contribution in [2.24, 2.45) is 0 Å². The third-order valence-corrected chi connectivity index (χ3v) is 6.91. The minimum Gasteiger partial charge on any atom is -0.478 e. The SMILES string of the molecule is O=C(O)c1ccc(-c2ccc(NC(=O)[C@H]3CCCN3C(=O)NCc3ccc(C4CC4)cc3)cc2)cc1. The summed E-state index contributed by atoms with van der Waals surface area (Å²) in [6, 6.07) is 21.7. The number of nitrogens with zero attached hydrogens (tertiary/aromatic N) is 1. The normalized spacial score (nSPS) is 17.0. The van der Waals surface area contributed by atoms with Gasteiger partial charge in [-0.2, -0.15) is 0 Å². The Kier molecular flexibility index (Phi) is 6.71. The molecule has 0 unspecified atom stereocenters. The minimum atomic E-state index is -0.961. The molecule has 1 heterocycles. The molecule has 1 atom stereocenters. The molecule has 1 aliphatic heterocycles. The van der Waals surface area contributed by atoms with Crippen LogP contribution >= 0.6 is 0 Å². The maximum absolute atomic E-state index is 13.0. The molecule has 7 nitrogen and oxygen atoms in total. The first-order valence-corrected chi connectivity index (χ1v) is 12.4. The first kappa shape index (κ1) is 23.6. The Hall–Kier alpha value is -4.13.